The van der Waals surface area contributed by atoms with Crippen molar-refractivity contribution < 1.29 is 22.7 Å². The SMILES string of the molecule is CCCNCC(=O)Nc1ccc(C)c(C2(Cc3ccc(Oc4cc(F)c(F)cc4F)cc3)CCNCC2)c1. The molecule has 8 heteroatoms. The number of anilines is 1. The number of carbonyl (C=O) groups is 1. The standard InChI is InChI=1S/C30H34F3N3O2/c1-3-12-35-19-29(37)36-22-7-4-20(2)24(15-22)30(10-13-34-14-11-30)18-21-5-8-23(9-6-21)38-28-17-26(32)25(31)16-27(28)33/h4-9,15-17,34-35H,3,10-14,18-19H2,1-2H3,(H,36,37). The van der Waals surface area contributed by atoms with E-state index in [-0.39, 0.29) is 23.6 Å². The van der Waals surface area contributed by atoms with Crippen LogP contribution < -0.4 is 20.7 Å². The van der Waals surface area contributed by atoms with E-state index < -0.39 is 17.5 Å². The van der Waals surface area contributed by atoms with Crippen molar-refractivity contribution >= 4 is 11.6 Å². The number of piperidine rings is 1. The summed E-state index contributed by atoms with van der Waals surface area (Å²) in [6.45, 7) is 6.99. The fourth-order valence-corrected chi connectivity index (χ4v) is 5.08. The number of halogens is 3. The predicted molar refractivity (Wildman–Crippen MR) is 143 cm³/mol. The minimum absolute atomic E-state index is 0.0688. The monoisotopic (exact) mass is 525 g/mol. The van der Waals surface area contributed by atoms with Crippen LogP contribution in [0.4, 0.5) is 18.9 Å². The van der Waals surface area contributed by atoms with Crippen LogP contribution in [0.5, 0.6) is 11.5 Å². The van der Waals surface area contributed by atoms with Crippen LogP contribution in [0.2, 0.25) is 0 Å². The summed E-state index contributed by atoms with van der Waals surface area (Å²) in [6.07, 6.45) is 3.60. The Balaban J connectivity index is 1.53. The van der Waals surface area contributed by atoms with E-state index in [0.29, 0.717) is 17.9 Å². The number of amides is 1. The number of rotatable bonds is 10. The van der Waals surface area contributed by atoms with Gasteiger partial charge in [0.25, 0.3) is 0 Å². The number of benzene rings is 3. The molecule has 0 bridgehead atoms. The summed E-state index contributed by atoms with van der Waals surface area (Å²) < 4.78 is 46.2. The maximum atomic E-state index is 14.0. The second kappa shape index (κ2) is 12.5. The Morgan fingerprint density at radius 1 is 0.974 bits per heavy atom. The molecule has 1 amide bonds. The number of aryl methyl sites for hydroxylation is 1. The van der Waals surface area contributed by atoms with Crippen molar-refractivity contribution in [2.24, 2.45) is 0 Å². The first-order chi connectivity index (χ1) is 18.3. The van der Waals surface area contributed by atoms with Crippen LogP contribution in [0.1, 0.15) is 42.9 Å². The van der Waals surface area contributed by atoms with Gasteiger partial charge in [-0.2, -0.15) is 0 Å². The van der Waals surface area contributed by atoms with Crippen molar-refractivity contribution in [2.75, 3.05) is 31.5 Å². The Bertz CT molecular complexity index is 1260. The lowest BCUT2D eigenvalue weighted by Crippen LogP contribution is -2.42. The molecule has 0 aliphatic carbocycles. The maximum Gasteiger partial charge on any atom is 0.238 e. The molecular weight excluding hydrogens is 491 g/mol. The molecular formula is C30H34F3N3O2. The number of carbonyl (C=O) groups excluding carboxylic acids is 1. The normalized spacial score (nSPS) is 14.8. The quantitative estimate of drug-likeness (QED) is 0.224. The molecule has 38 heavy (non-hydrogen) atoms. The minimum Gasteiger partial charge on any atom is -0.454 e. The Morgan fingerprint density at radius 2 is 1.68 bits per heavy atom. The van der Waals surface area contributed by atoms with E-state index in [1.807, 2.05) is 18.2 Å². The van der Waals surface area contributed by atoms with Crippen LogP contribution in [-0.4, -0.2) is 32.1 Å². The van der Waals surface area contributed by atoms with E-state index >= 15 is 0 Å². The van der Waals surface area contributed by atoms with Gasteiger partial charge >= 0.3 is 0 Å². The fraction of sp³-hybridized carbons (Fsp3) is 0.367. The van der Waals surface area contributed by atoms with Crippen molar-refractivity contribution in [1.82, 2.24) is 10.6 Å². The minimum atomic E-state index is -1.26. The van der Waals surface area contributed by atoms with E-state index in [9.17, 15) is 18.0 Å². The zero-order valence-electron chi connectivity index (χ0n) is 21.8. The highest BCUT2D eigenvalue weighted by molar-refractivity contribution is 5.92. The van der Waals surface area contributed by atoms with Gasteiger partial charge in [-0.05, 0) is 93.2 Å². The lowest BCUT2D eigenvalue weighted by Gasteiger charge is -2.40. The topological polar surface area (TPSA) is 62.4 Å². The smallest absolute Gasteiger partial charge is 0.238 e. The molecule has 0 saturated carbocycles. The highest BCUT2D eigenvalue weighted by atomic mass is 19.2. The maximum absolute atomic E-state index is 14.0. The molecule has 1 saturated heterocycles. The molecule has 202 valence electrons. The predicted octanol–water partition coefficient (Wildman–Crippen LogP) is 6.01. The third kappa shape index (κ3) is 6.74. The molecule has 1 fully saturated rings. The number of hydrogen-bond donors (Lipinski definition) is 3. The van der Waals surface area contributed by atoms with Gasteiger partial charge in [-0.1, -0.05) is 25.1 Å². The first-order valence-electron chi connectivity index (χ1n) is 13.0. The van der Waals surface area contributed by atoms with Gasteiger partial charge in [0.1, 0.15) is 5.75 Å². The molecule has 0 aromatic heterocycles. The molecule has 3 N–H and O–H groups in total. The van der Waals surface area contributed by atoms with E-state index in [2.05, 4.69) is 41.9 Å². The molecule has 0 spiro atoms. The van der Waals surface area contributed by atoms with Crippen molar-refractivity contribution in [1.29, 1.82) is 0 Å². The number of nitrogens with one attached hydrogen (secondary N) is 3. The molecule has 0 radical (unpaired) electrons. The second-order valence-electron chi connectivity index (χ2n) is 9.90. The van der Waals surface area contributed by atoms with Gasteiger partial charge in [-0.15, -0.1) is 0 Å². The molecule has 0 atom stereocenters. The van der Waals surface area contributed by atoms with Gasteiger partial charge in [0.2, 0.25) is 5.91 Å². The summed E-state index contributed by atoms with van der Waals surface area (Å²) in [5, 5.41) is 9.59. The molecule has 4 rings (SSSR count). The third-order valence-corrected chi connectivity index (χ3v) is 7.03. The van der Waals surface area contributed by atoms with Crippen LogP contribution in [0, 0.1) is 24.4 Å². The Labute approximate surface area is 221 Å². The molecule has 3 aromatic rings. The molecule has 3 aromatic carbocycles. The van der Waals surface area contributed by atoms with Crippen LogP contribution in [0.15, 0.2) is 54.6 Å². The van der Waals surface area contributed by atoms with E-state index in [0.717, 1.165) is 56.6 Å². The summed E-state index contributed by atoms with van der Waals surface area (Å²) in [5.41, 5.74) is 4.10. The number of hydrogen-bond acceptors (Lipinski definition) is 4. The summed E-state index contributed by atoms with van der Waals surface area (Å²) >= 11 is 0. The average molecular weight is 526 g/mol. The van der Waals surface area contributed by atoms with Crippen LogP contribution in [0.3, 0.4) is 0 Å². The van der Waals surface area contributed by atoms with Crippen molar-refractivity contribution in [3.05, 3.63) is 88.7 Å². The van der Waals surface area contributed by atoms with Crippen molar-refractivity contribution in [2.45, 2.75) is 44.9 Å². The highest BCUT2D eigenvalue weighted by Gasteiger charge is 2.35. The van der Waals surface area contributed by atoms with Crippen molar-refractivity contribution in [3.63, 3.8) is 0 Å². The lowest BCUT2D eigenvalue weighted by atomic mass is 9.68. The van der Waals surface area contributed by atoms with Gasteiger partial charge < -0.3 is 20.7 Å². The average Bonchev–Trinajstić information content (AvgIpc) is 2.90. The van der Waals surface area contributed by atoms with Crippen LogP contribution in [0.25, 0.3) is 0 Å². The highest BCUT2D eigenvalue weighted by Crippen LogP contribution is 2.40. The largest absolute Gasteiger partial charge is 0.454 e. The summed E-state index contributed by atoms with van der Waals surface area (Å²) in [6, 6.07) is 14.5. The van der Waals surface area contributed by atoms with Crippen molar-refractivity contribution in [3.8, 4) is 11.5 Å². The first-order valence-corrected chi connectivity index (χ1v) is 13.0. The van der Waals surface area contributed by atoms with Gasteiger partial charge in [0, 0.05) is 23.2 Å². The first kappa shape index (κ1) is 27.7. The van der Waals surface area contributed by atoms with E-state index in [4.69, 9.17) is 4.74 Å². The summed E-state index contributed by atoms with van der Waals surface area (Å²) in [5.74, 6) is -3.51. The second-order valence-corrected chi connectivity index (χ2v) is 9.90. The molecule has 0 unspecified atom stereocenters. The zero-order chi connectivity index (χ0) is 27.1. The van der Waals surface area contributed by atoms with E-state index in [1.165, 1.54) is 11.1 Å². The third-order valence-electron chi connectivity index (χ3n) is 7.03. The molecule has 1 aliphatic rings. The Hall–Kier alpha value is -3.36. The number of ether oxygens (including phenoxy) is 1. The van der Waals surface area contributed by atoms with Gasteiger partial charge in [-0.3, -0.25) is 4.79 Å². The zero-order valence-corrected chi connectivity index (χ0v) is 21.8. The lowest BCUT2D eigenvalue weighted by molar-refractivity contribution is -0.115. The van der Waals surface area contributed by atoms with Crippen LogP contribution >= 0.6 is 0 Å². The van der Waals surface area contributed by atoms with Gasteiger partial charge in [0.05, 0.1) is 6.54 Å². The van der Waals surface area contributed by atoms with Crippen LogP contribution in [-0.2, 0) is 16.6 Å². The van der Waals surface area contributed by atoms with Gasteiger partial charge in [-0.25, -0.2) is 13.2 Å². The van der Waals surface area contributed by atoms with E-state index in [1.54, 1.807) is 12.1 Å². The Morgan fingerprint density at radius 3 is 2.39 bits per heavy atom. The Kier molecular flexibility index (Phi) is 9.07. The molecule has 1 aliphatic heterocycles. The summed E-state index contributed by atoms with van der Waals surface area (Å²) in [7, 11) is 0. The fourth-order valence-electron chi connectivity index (χ4n) is 5.08. The summed E-state index contributed by atoms with van der Waals surface area (Å²) in [4.78, 5) is 12.4. The molecule has 5 nitrogen and oxygen atoms in total. The molecule has 1 heterocycles. The van der Waals surface area contributed by atoms with Gasteiger partial charge in [0.15, 0.2) is 23.2 Å².